The molecule has 0 saturated carbocycles. The molecule has 26 heavy (non-hydrogen) atoms. The highest BCUT2D eigenvalue weighted by atomic mass is 35.5. The number of alkyl halides is 2. The van der Waals surface area contributed by atoms with E-state index < -0.39 is 30.0 Å². The fraction of sp³-hybridized carbons (Fsp3) is 0.167. The van der Waals surface area contributed by atoms with Crippen molar-refractivity contribution in [2.24, 2.45) is 0 Å². The van der Waals surface area contributed by atoms with Crippen LogP contribution in [0.25, 0.3) is 20.7 Å². The second-order valence-corrected chi connectivity index (χ2v) is 7.21. The van der Waals surface area contributed by atoms with Gasteiger partial charge in [0.2, 0.25) is 10.8 Å². The van der Waals surface area contributed by atoms with Crippen LogP contribution in [-0.4, -0.2) is 37.9 Å². The van der Waals surface area contributed by atoms with Gasteiger partial charge in [0.1, 0.15) is 30.2 Å². The van der Waals surface area contributed by atoms with Crippen LogP contribution in [-0.2, 0) is 20.2 Å². The molecule has 0 radical (unpaired) electrons. The maximum atomic E-state index is 11.0. The van der Waals surface area contributed by atoms with Crippen LogP contribution in [0.2, 0.25) is 0 Å². The van der Waals surface area contributed by atoms with Crippen LogP contribution in [0.5, 0.6) is 0 Å². The number of hydrogen-bond donors (Lipinski definition) is 0. The van der Waals surface area contributed by atoms with Crippen molar-refractivity contribution in [3.63, 3.8) is 0 Å². The molecule has 140 valence electrons. The van der Waals surface area contributed by atoms with Crippen molar-refractivity contribution in [3.05, 3.63) is 46.4 Å². The molecule has 0 aliphatic carbocycles. The lowest BCUT2D eigenvalue weighted by molar-refractivity contribution is 0.461. The van der Waals surface area contributed by atoms with Gasteiger partial charge in [-0.1, -0.05) is 24.3 Å². The van der Waals surface area contributed by atoms with E-state index >= 15 is 0 Å². The lowest BCUT2D eigenvalue weighted by atomic mass is 10.1. The largest absolute Gasteiger partial charge is 0.744 e. The summed E-state index contributed by atoms with van der Waals surface area (Å²) in [5, 5.41) is 14.6. The van der Waals surface area contributed by atoms with E-state index in [-0.39, 0.29) is 22.8 Å². The van der Waals surface area contributed by atoms with Gasteiger partial charge < -0.3 is 9.11 Å². The summed E-state index contributed by atoms with van der Waals surface area (Å²) in [5.41, 5.74) is 0. The fourth-order valence-electron chi connectivity index (χ4n) is 1.69. The van der Waals surface area contributed by atoms with Gasteiger partial charge >= 0.3 is 12.0 Å². The van der Waals surface area contributed by atoms with Gasteiger partial charge in [-0.3, -0.25) is 0 Å². The average molecular weight is 441 g/mol. The van der Waals surface area contributed by atoms with Crippen LogP contribution in [0, 0.1) is 10.8 Å². The van der Waals surface area contributed by atoms with E-state index in [9.17, 15) is 25.9 Å². The first-order valence-corrected chi connectivity index (χ1v) is 10.1. The Morgan fingerprint density at radius 2 is 1.04 bits per heavy atom. The maximum Gasteiger partial charge on any atom is 0.379 e. The summed E-state index contributed by atoms with van der Waals surface area (Å²) in [4.78, 5) is 3.90. The van der Waals surface area contributed by atoms with Crippen molar-refractivity contribution in [1.82, 2.24) is 0 Å². The van der Waals surface area contributed by atoms with Gasteiger partial charge in [0.25, 0.3) is 0 Å². The van der Waals surface area contributed by atoms with Crippen molar-refractivity contribution in [1.29, 1.82) is 10.8 Å². The molecule has 14 heteroatoms. The van der Waals surface area contributed by atoms with Gasteiger partial charge in [0, 0.05) is 10.8 Å². The van der Waals surface area contributed by atoms with Crippen molar-refractivity contribution in [2.75, 3.05) is 12.0 Å². The Balaban J connectivity index is 0.000000662. The van der Waals surface area contributed by atoms with Crippen molar-refractivity contribution >= 4 is 54.2 Å². The quantitative estimate of drug-likeness (QED) is 0.296. The van der Waals surface area contributed by atoms with Crippen LogP contribution < -0.4 is 0 Å². The molecule has 0 spiro atoms. The van der Waals surface area contributed by atoms with Crippen LogP contribution >= 0.6 is 23.2 Å². The number of diazo groups is 2. The highest BCUT2D eigenvalue weighted by Crippen LogP contribution is 2.27. The molecule has 2 aromatic carbocycles. The molecule has 0 aliphatic rings. The SMILES string of the molecule is N#[N+]CCl.N#[N+]CCl.O=S(=O)([O-])c1cccc2c(S(=O)(=O)[O-])cccc12. The van der Waals surface area contributed by atoms with Gasteiger partial charge in [0.05, 0.1) is 9.79 Å². The molecule has 0 atom stereocenters. The molecule has 0 aromatic heterocycles. The van der Waals surface area contributed by atoms with Gasteiger partial charge in [-0.2, -0.15) is 0 Å². The maximum absolute atomic E-state index is 11.0. The normalized spacial score (nSPS) is 10.4. The molecule has 0 aliphatic heterocycles. The van der Waals surface area contributed by atoms with Gasteiger partial charge in [-0.05, 0) is 35.3 Å². The minimum Gasteiger partial charge on any atom is -0.744 e. The Kier molecular flexibility index (Phi) is 9.97. The standard InChI is InChI=1S/C10H8O6S2.2CH2ClN2/c11-17(12,13)9-5-1-3-7-8(9)4-2-6-10(7)18(14,15)16;2*2-1-4-3/h1-6H,(H,11,12,13)(H,14,15,16);2*1H2/q;2*+1/p-2. The molecule has 0 bridgehead atoms. The Bertz CT molecular complexity index is 960. The smallest absolute Gasteiger partial charge is 0.379 e. The Labute approximate surface area is 159 Å². The van der Waals surface area contributed by atoms with Crippen LogP contribution in [0.3, 0.4) is 0 Å². The molecule has 2 aromatic rings. The Morgan fingerprint density at radius 3 is 1.23 bits per heavy atom. The van der Waals surface area contributed by atoms with E-state index in [4.69, 9.17) is 34.0 Å². The third-order valence-corrected chi connectivity index (χ3v) is 4.49. The van der Waals surface area contributed by atoms with E-state index in [0.29, 0.717) is 0 Å². The lowest BCUT2D eigenvalue weighted by Gasteiger charge is -2.14. The summed E-state index contributed by atoms with van der Waals surface area (Å²) in [5.74, 6) is 0. The number of nitrogens with zero attached hydrogens (tertiary/aromatic N) is 4. The highest BCUT2D eigenvalue weighted by Gasteiger charge is 2.12. The Morgan fingerprint density at radius 1 is 0.769 bits per heavy atom. The van der Waals surface area contributed by atoms with Crippen LogP contribution in [0.15, 0.2) is 46.2 Å². The van der Waals surface area contributed by atoms with E-state index in [2.05, 4.69) is 9.95 Å². The van der Waals surface area contributed by atoms with E-state index in [1.807, 2.05) is 0 Å². The van der Waals surface area contributed by atoms with Crippen molar-refractivity contribution < 1.29 is 25.9 Å². The molecule has 10 nitrogen and oxygen atoms in total. The summed E-state index contributed by atoms with van der Waals surface area (Å²) in [6.45, 7) is 0. The molecule has 0 saturated heterocycles. The third-order valence-electron chi connectivity index (χ3n) is 2.49. The van der Waals surface area contributed by atoms with Crippen LogP contribution in [0.1, 0.15) is 0 Å². The third kappa shape index (κ3) is 7.45. The molecule has 0 fully saturated rings. The summed E-state index contributed by atoms with van der Waals surface area (Å²) in [7, 11) is -9.48. The van der Waals surface area contributed by atoms with Crippen molar-refractivity contribution in [2.45, 2.75) is 9.79 Å². The topological polar surface area (TPSA) is 171 Å². The minimum absolute atomic E-state index is 0.0278. The molecule has 0 N–H and O–H groups in total. The molecule has 0 heterocycles. The Hall–Kier alpha value is -2.06. The number of halogens is 2. The summed E-state index contributed by atoms with van der Waals surface area (Å²) in [6, 6.07) is 7.03. The first-order chi connectivity index (χ1) is 12.0. The molecular formula is C12H10Cl2N4O6S2. The molecular weight excluding hydrogens is 431 g/mol. The predicted octanol–water partition coefficient (Wildman–Crippen LogP) is 2.72. The molecule has 0 amide bonds. The summed E-state index contributed by atoms with van der Waals surface area (Å²) < 4.78 is 66.1. The second kappa shape index (κ2) is 10.8. The zero-order valence-electron chi connectivity index (χ0n) is 12.7. The fourth-order valence-corrected chi connectivity index (χ4v) is 3.07. The van der Waals surface area contributed by atoms with E-state index in [1.165, 1.54) is 24.3 Å². The second-order valence-electron chi connectivity index (χ2n) is 4.04. The van der Waals surface area contributed by atoms with Crippen molar-refractivity contribution in [3.8, 4) is 0 Å². The first-order valence-electron chi connectivity index (χ1n) is 6.21. The first kappa shape index (κ1) is 23.9. The molecule has 0 unspecified atom stereocenters. The number of benzene rings is 2. The van der Waals surface area contributed by atoms with E-state index in [1.54, 1.807) is 0 Å². The predicted molar refractivity (Wildman–Crippen MR) is 91.5 cm³/mol. The van der Waals surface area contributed by atoms with Gasteiger partial charge in [-0.25, -0.2) is 16.8 Å². The van der Waals surface area contributed by atoms with Crippen LogP contribution in [0.4, 0.5) is 0 Å². The zero-order chi connectivity index (χ0) is 20.4. The zero-order valence-corrected chi connectivity index (χ0v) is 15.8. The van der Waals surface area contributed by atoms with Gasteiger partial charge in [-0.15, -0.1) is 0 Å². The molecule has 2 rings (SSSR count). The average Bonchev–Trinajstić information content (AvgIpc) is 2.59. The highest BCUT2D eigenvalue weighted by molar-refractivity contribution is 7.86. The number of rotatable bonds is 2. The summed E-state index contributed by atoms with van der Waals surface area (Å²) >= 11 is 9.54. The lowest BCUT2D eigenvalue weighted by Crippen LogP contribution is -2.03. The summed E-state index contributed by atoms with van der Waals surface area (Å²) in [6.07, 6.45) is 0. The van der Waals surface area contributed by atoms with Gasteiger partial charge in [0.15, 0.2) is 0 Å². The number of fused-ring (bicyclic) bond motifs is 1. The van der Waals surface area contributed by atoms with E-state index in [0.717, 1.165) is 12.1 Å². The number of hydrogen-bond acceptors (Lipinski definition) is 8. The minimum atomic E-state index is -4.74. The monoisotopic (exact) mass is 440 g/mol.